The van der Waals surface area contributed by atoms with Crippen LogP contribution in [0.5, 0.6) is 0 Å². The van der Waals surface area contributed by atoms with E-state index in [9.17, 15) is 5.11 Å². The van der Waals surface area contributed by atoms with Crippen molar-refractivity contribution in [2.45, 2.75) is 37.7 Å². The number of aliphatic hydroxyl groups is 1. The molecule has 3 aromatic heterocycles. The van der Waals surface area contributed by atoms with Gasteiger partial charge in [0.15, 0.2) is 0 Å². The lowest BCUT2D eigenvalue weighted by Crippen LogP contribution is -2.36. The first-order valence-electron chi connectivity index (χ1n) is 10.6. The number of nitriles is 1. The van der Waals surface area contributed by atoms with Crippen molar-refractivity contribution in [3.63, 3.8) is 0 Å². The number of pyridine rings is 2. The van der Waals surface area contributed by atoms with E-state index in [-0.39, 0.29) is 18.5 Å². The van der Waals surface area contributed by atoms with Crippen LogP contribution in [0.4, 0.5) is 17.6 Å². The number of halogens is 1. The van der Waals surface area contributed by atoms with Crippen molar-refractivity contribution in [2.75, 3.05) is 23.3 Å². The SMILES string of the molecule is Cl.N#Cc1ccnc(Nc2cc(C3CC3)cc(-c3cnc(N4CCC(O)CC4)nc3)n2)c1. The summed E-state index contributed by atoms with van der Waals surface area (Å²) < 4.78 is 0. The van der Waals surface area contributed by atoms with E-state index in [0.29, 0.717) is 29.1 Å². The molecular weight excluding hydrogens is 426 g/mol. The smallest absolute Gasteiger partial charge is 0.225 e. The number of piperidine rings is 1. The predicted octanol–water partition coefficient (Wildman–Crippen LogP) is 3.81. The second-order valence-electron chi connectivity index (χ2n) is 8.10. The van der Waals surface area contributed by atoms with Crippen LogP contribution in [0.15, 0.2) is 42.9 Å². The van der Waals surface area contributed by atoms with Crippen molar-refractivity contribution >= 4 is 30.0 Å². The van der Waals surface area contributed by atoms with Crippen LogP contribution >= 0.6 is 12.4 Å². The third-order valence-electron chi connectivity index (χ3n) is 5.72. The Morgan fingerprint density at radius 3 is 2.44 bits per heavy atom. The number of anilines is 3. The maximum atomic E-state index is 9.70. The first kappa shape index (κ1) is 21.9. The van der Waals surface area contributed by atoms with Gasteiger partial charge in [0.2, 0.25) is 5.95 Å². The fourth-order valence-corrected chi connectivity index (χ4v) is 3.80. The Hall–Kier alpha value is -3.28. The lowest BCUT2D eigenvalue weighted by Gasteiger charge is -2.29. The molecule has 1 saturated carbocycles. The Bertz CT molecular complexity index is 1120. The van der Waals surface area contributed by atoms with Crippen molar-refractivity contribution in [3.05, 3.63) is 54.0 Å². The molecule has 2 aliphatic rings. The molecule has 2 N–H and O–H groups in total. The molecule has 9 heteroatoms. The highest BCUT2D eigenvalue weighted by Crippen LogP contribution is 2.42. The fraction of sp³-hybridized carbons (Fsp3) is 0.348. The van der Waals surface area contributed by atoms with Gasteiger partial charge in [-0.1, -0.05) is 0 Å². The van der Waals surface area contributed by atoms with E-state index < -0.39 is 0 Å². The highest BCUT2D eigenvalue weighted by molar-refractivity contribution is 5.85. The van der Waals surface area contributed by atoms with Crippen LogP contribution in [-0.2, 0) is 0 Å². The largest absolute Gasteiger partial charge is 0.393 e. The molecular formula is C23H24ClN7O. The summed E-state index contributed by atoms with van der Waals surface area (Å²) >= 11 is 0. The molecule has 1 aliphatic heterocycles. The Morgan fingerprint density at radius 1 is 1.00 bits per heavy atom. The summed E-state index contributed by atoms with van der Waals surface area (Å²) in [5.41, 5.74) is 3.44. The molecule has 0 aromatic carbocycles. The summed E-state index contributed by atoms with van der Waals surface area (Å²) in [5.74, 6) is 2.52. The van der Waals surface area contributed by atoms with Crippen LogP contribution in [0.1, 0.15) is 42.7 Å². The normalized spacial score (nSPS) is 16.2. The van der Waals surface area contributed by atoms with Crippen LogP contribution in [0.25, 0.3) is 11.3 Å². The average molecular weight is 450 g/mol. The maximum Gasteiger partial charge on any atom is 0.225 e. The zero-order valence-electron chi connectivity index (χ0n) is 17.5. The molecule has 5 rings (SSSR count). The van der Waals surface area contributed by atoms with Gasteiger partial charge < -0.3 is 15.3 Å². The van der Waals surface area contributed by atoms with Gasteiger partial charge in [-0.3, -0.25) is 0 Å². The number of hydrogen-bond acceptors (Lipinski definition) is 8. The molecule has 2 fully saturated rings. The quantitative estimate of drug-likeness (QED) is 0.604. The van der Waals surface area contributed by atoms with Gasteiger partial charge in [0.1, 0.15) is 11.6 Å². The lowest BCUT2D eigenvalue weighted by molar-refractivity contribution is 0.145. The van der Waals surface area contributed by atoms with Gasteiger partial charge in [-0.15, -0.1) is 12.4 Å². The molecule has 4 heterocycles. The summed E-state index contributed by atoms with van der Waals surface area (Å²) in [6.45, 7) is 1.53. The Kier molecular flexibility index (Phi) is 6.49. The highest BCUT2D eigenvalue weighted by Gasteiger charge is 2.25. The molecule has 164 valence electrons. The summed E-state index contributed by atoms with van der Waals surface area (Å²) in [5, 5.41) is 22.1. The minimum absolute atomic E-state index is 0. The Labute approximate surface area is 192 Å². The van der Waals surface area contributed by atoms with E-state index in [2.05, 4.69) is 43.4 Å². The number of nitrogens with zero attached hydrogens (tertiary/aromatic N) is 6. The number of hydrogen-bond donors (Lipinski definition) is 2. The van der Waals surface area contributed by atoms with E-state index in [4.69, 9.17) is 10.2 Å². The van der Waals surface area contributed by atoms with E-state index in [0.717, 1.165) is 37.2 Å². The van der Waals surface area contributed by atoms with Gasteiger partial charge in [0, 0.05) is 37.2 Å². The molecule has 0 bridgehead atoms. The molecule has 8 nitrogen and oxygen atoms in total. The van der Waals surface area contributed by atoms with E-state index in [1.807, 2.05) is 12.4 Å². The monoisotopic (exact) mass is 449 g/mol. The van der Waals surface area contributed by atoms with Gasteiger partial charge in [0.25, 0.3) is 0 Å². The van der Waals surface area contributed by atoms with Crippen molar-refractivity contribution in [2.24, 2.45) is 0 Å². The summed E-state index contributed by atoms with van der Waals surface area (Å²) in [6.07, 6.45) is 8.86. The molecule has 1 aliphatic carbocycles. The van der Waals surface area contributed by atoms with Gasteiger partial charge in [-0.25, -0.2) is 19.9 Å². The van der Waals surface area contributed by atoms with Crippen LogP contribution in [0.3, 0.4) is 0 Å². The van der Waals surface area contributed by atoms with Gasteiger partial charge in [-0.2, -0.15) is 5.26 Å². The molecule has 0 amide bonds. The number of nitrogens with one attached hydrogen (secondary N) is 1. The van der Waals surface area contributed by atoms with E-state index >= 15 is 0 Å². The molecule has 3 aromatic rings. The molecule has 1 saturated heterocycles. The van der Waals surface area contributed by atoms with Crippen molar-refractivity contribution in [1.82, 2.24) is 19.9 Å². The Morgan fingerprint density at radius 2 is 1.75 bits per heavy atom. The highest BCUT2D eigenvalue weighted by atomic mass is 35.5. The van der Waals surface area contributed by atoms with Crippen molar-refractivity contribution < 1.29 is 5.11 Å². The first-order chi connectivity index (χ1) is 15.2. The van der Waals surface area contributed by atoms with Crippen LogP contribution in [-0.4, -0.2) is 44.2 Å². The summed E-state index contributed by atoms with van der Waals surface area (Å²) in [6, 6.07) is 9.67. The molecule has 0 radical (unpaired) electrons. The zero-order valence-corrected chi connectivity index (χ0v) is 18.3. The van der Waals surface area contributed by atoms with E-state index in [1.165, 1.54) is 18.4 Å². The first-order valence-corrected chi connectivity index (χ1v) is 10.6. The average Bonchev–Trinajstić information content (AvgIpc) is 3.65. The lowest BCUT2D eigenvalue weighted by atomic mass is 10.1. The van der Waals surface area contributed by atoms with Gasteiger partial charge in [-0.05, 0) is 61.4 Å². The van der Waals surface area contributed by atoms with Crippen LogP contribution < -0.4 is 10.2 Å². The Balaban J connectivity index is 0.00000245. The second kappa shape index (κ2) is 9.47. The van der Waals surface area contributed by atoms with Gasteiger partial charge >= 0.3 is 0 Å². The van der Waals surface area contributed by atoms with Crippen molar-refractivity contribution in [3.8, 4) is 17.3 Å². The minimum atomic E-state index is -0.223. The number of rotatable bonds is 5. The van der Waals surface area contributed by atoms with Crippen LogP contribution in [0, 0.1) is 11.3 Å². The summed E-state index contributed by atoms with van der Waals surface area (Å²) in [7, 11) is 0. The van der Waals surface area contributed by atoms with Gasteiger partial charge in [0.05, 0.1) is 23.4 Å². The molecule has 0 spiro atoms. The van der Waals surface area contributed by atoms with Crippen LogP contribution in [0.2, 0.25) is 0 Å². The minimum Gasteiger partial charge on any atom is -0.393 e. The standard InChI is InChI=1S/C23H23N7O.ClH/c24-12-15-3-6-25-21(9-15)29-22-11-17(16-1-2-16)10-20(28-22)18-13-26-23(27-14-18)30-7-4-19(31)5-8-30;/h3,6,9-11,13-14,16,19,31H,1-2,4-5,7-8H2,(H,25,28,29);1H. The molecule has 0 atom stereocenters. The molecule has 0 unspecified atom stereocenters. The number of aliphatic hydroxyl groups excluding tert-OH is 1. The fourth-order valence-electron chi connectivity index (χ4n) is 3.80. The maximum absolute atomic E-state index is 9.70. The topological polar surface area (TPSA) is 111 Å². The van der Waals surface area contributed by atoms with Crippen molar-refractivity contribution in [1.29, 1.82) is 5.26 Å². The zero-order chi connectivity index (χ0) is 21.2. The summed E-state index contributed by atoms with van der Waals surface area (Å²) in [4.78, 5) is 20.3. The predicted molar refractivity (Wildman–Crippen MR) is 124 cm³/mol. The number of aromatic nitrogens is 4. The van der Waals surface area contributed by atoms with E-state index in [1.54, 1.807) is 18.3 Å². The molecule has 32 heavy (non-hydrogen) atoms. The third-order valence-corrected chi connectivity index (χ3v) is 5.72. The third kappa shape index (κ3) is 4.96. The second-order valence-corrected chi connectivity index (χ2v) is 8.10.